The fourth-order valence-corrected chi connectivity index (χ4v) is 5.52. The number of benzene rings is 2. The van der Waals surface area contributed by atoms with Gasteiger partial charge in [0, 0.05) is 31.9 Å². The van der Waals surface area contributed by atoms with Crippen molar-refractivity contribution in [3.63, 3.8) is 0 Å². The number of piperidine rings is 1. The summed E-state index contributed by atoms with van der Waals surface area (Å²) in [5.74, 6) is 0.275. The number of likely N-dealkylation sites (tertiary alicyclic amines) is 1. The number of amides is 1. The Hall–Kier alpha value is -2.49. The fourth-order valence-electron chi connectivity index (χ4n) is 4.47. The lowest BCUT2D eigenvalue weighted by atomic mass is 9.93. The van der Waals surface area contributed by atoms with E-state index in [-0.39, 0.29) is 10.8 Å². The van der Waals surface area contributed by atoms with Crippen LogP contribution in [0.25, 0.3) is 0 Å². The third kappa shape index (κ3) is 6.77. The molecule has 2 aliphatic heterocycles. The number of nitrogens with one attached hydrogen (secondary N) is 1. The molecule has 2 fully saturated rings. The molecule has 0 atom stereocenters. The van der Waals surface area contributed by atoms with E-state index in [4.69, 9.17) is 4.74 Å². The summed E-state index contributed by atoms with van der Waals surface area (Å²) < 4.78 is 45.8. The molecule has 1 N–H and O–H groups in total. The average molecular weight is 490 g/mol. The molecule has 2 aromatic rings. The molecule has 0 radical (unpaired) electrons. The minimum absolute atomic E-state index is 0.0125. The molecule has 34 heavy (non-hydrogen) atoms. The summed E-state index contributed by atoms with van der Waals surface area (Å²) in [4.78, 5) is 17.2. The van der Waals surface area contributed by atoms with Crippen LogP contribution in [-0.2, 0) is 26.0 Å². The van der Waals surface area contributed by atoms with Gasteiger partial charge in [-0.3, -0.25) is 14.4 Å². The van der Waals surface area contributed by atoms with Gasteiger partial charge >= 0.3 is 0 Å². The highest BCUT2D eigenvalue weighted by molar-refractivity contribution is 7.92. The summed E-state index contributed by atoms with van der Waals surface area (Å²) >= 11 is 0. The van der Waals surface area contributed by atoms with Gasteiger partial charge in [0.05, 0.1) is 24.5 Å². The maximum absolute atomic E-state index is 13.1. The molecule has 0 saturated carbocycles. The summed E-state index contributed by atoms with van der Waals surface area (Å²) in [6.45, 7) is 6.39. The molecule has 9 heteroatoms. The summed E-state index contributed by atoms with van der Waals surface area (Å²) in [6, 6.07) is 11.5. The van der Waals surface area contributed by atoms with Gasteiger partial charge in [-0.2, -0.15) is 0 Å². The molecular weight excluding hydrogens is 457 g/mol. The Morgan fingerprint density at radius 3 is 2.26 bits per heavy atom. The van der Waals surface area contributed by atoms with Crippen molar-refractivity contribution in [3.8, 4) is 0 Å². The van der Waals surface area contributed by atoms with Crippen LogP contribution in [0.15, 0.2) is 53.4 Å². The van der Waals surface area contributed by atoms with Gasteiger partial charge in [0.25, 0.3) is 10.0 Å². The first-order valence-corrected chi connectivity index (χ1v) is 13.3. The number of hydrogen-bond acceptors (Lipinski definition) is 5. The first-order chi connectivity index (χ1) is 16.4. The number of carbonyl (C=O) groups is 1. The van der Waals surface area contributed by atoms with E-state index < -0.39 is 15.8 Å². The molecule has 0 aliphatic carbocycles. The molecule has 2 aliphatic rings. The maximum Gasteiger partial charge on any atom is 0.261 e. The minimum Gasteiger partial charge on any atom is -0.379 e. The second-order valence-corrected chi connectivity index (χ2v) is 10.7. The molecule has 2 aromatic carbocycles. The van der Waals surface area contributed by atoms with Gasteiger partial charge in [-0.05, 0) is 73.7 Å². The van der Waals surface area contributed by atoms with E-state index in [1.807, 2.05) is 4.90 Å². The van der Waals surface area contributed by atoms with Crippen molar-refractivity contribution in [1.29, 1.82) is 0 Å². The zero-order valence-corrected chi connectivity index (χ0v) is 20.1. The van der Waals surface area contributed by atoms with E-state index in [9.17, 15) is 17.6 Å². The molecule has 184 valence electrons. The number of morpholine rings is 1. The zero-order valence-electron chi connectivity index (χ0n) is 19.3. The van der Waals surface area contributed by atoms with E-state index in [2.05, 4.69) is 9.62 Å². The third-order valence-electron chi connectivity index (χ3n) is 6.61. The number of sulfonamides is 1. The number of carbonyl (C=O) groups excluding carboxylic acids is 1. The normalized spacial score (nSPS) is 18.1. The number of rotatable bonds is 8. The molecular formula is C25H32FN3O4S. The summed E-state index contributed by atoms with van der Waals surface area (Å²) in [6.07, 6.45) is 3.56. The Balaban J connectivity index is 1.22. The van der Waals surface area contributed by atoms with Gasteiger partial charge in [0.2, 0.25) is 5.91 Å². The van der Waals surface area contributed by atoms with E-state index in [1.54, 1.807) is 24.3 Å². The lowest BCUT2D eigenvalue weighted by molar-refractivity contribution is -0.131. The number of halogens is 1. The van der Waals surface area contributed by atoms with Crippen molar-refractivity contribution in [2.24, 2.45) is 5.92 Å². The maximum atomic E-state index is 13.1. The Bertz CT molecular complexity index is 1050. The second-order valence-electron chi connectivity index (χ2n) is 9.00. The van der Waals surface area contributed by atoms with Crippen molar-refractivity contribution in [1.82, 2.24) is 9.80 Å². The van der Waals surface area contributed by atoms with Crippen LogP contribution in [0.4, 0.5) is 10.1 Å². The van der Waals surface area contributed by atoms with Crippen molar-refractivity contribution >= 4 is 21.6 Å². The van der Waals surface area contributed by atoms with E-state index in [0.717, 1.165) is 76.5 Å². The number of hydrogen-bond donors (Lipinski definition) is 1. The van der Waals surface area contributed by atoms with Crippen LogP contribution in [-0.4, -0.2) is 70.1 Å². The monoisotopic (exact) mass is 489 g/mol. The summed E-state index contributed by atoms with van der Waals surface area (Å²) in [7, 11) is -3.80. The van der Waals surface area contributed by atoms with E-state index >= 15 is 0 Å². The summed E-state index contributed by atoms with van der Waals surface area (Å²) in [5.41, 5.74) is 1.23. The molecule has 7 nitrogen and oxygen atoms in total. The van der Waals surface area contributed by atoms with Crippen LogP contribution in [0.2, 0.25) is 0 Å². The molecule has 1 amide bonds. The molecule has 0 spiro atoms. The van der Waals surface area contributed by atoms with Crippen molar-refractivity contribution in [2.75, 3.05) is 50.7 Å². The lowest BCUT2D eigenvalue weighted by Gasteiger charge is -2.34. The van der Waals surface area contributed by atoms with Crippen LogP contribution in [0.1, 0.15) is 24.8 Å². The molecule has 0 bridgehead atoms. The van der Waals surface area contributed by atoms with E-state index in [1.165, 1.54) is 18.6 Å². The predicted molar refractivity (Wildman–Crippen MR) is 129 cm³/mol. The standard InChI is InChI=1S/C25H32FN3O4S/c26-22-3-7-24(8-4-22)34(31,32)27-23-5-1-21(2-6-23)19-25(30)29-13-10-20(11-14-29)9-12-28-15-17-33-18-16-28/h1-8,20,27H,9-19H2. The Morgan fingerprint density at radius 2 is 1.62 bits per heavy atom. The SMILES string of the molecule is O=C(Cc1ccc(NS(=O)(=O)c2ccc(F)cc2)cc1)N1CCC(CCN2CCOCC2)CC1. The van der Waals surface area contributed by atoms with Crippen molar-refractivity contribution in [2.45, 2.75) is 30.6 Å². The Kier molecular flexibility index (Phi) is 8.18. The summed E-state index contributed by atoms with van der Waals surface area (Å²) in [5, 5.41) is 0. The van der Waals surface area contributed by atoms with Crippen LogP contribution in [0.3, 0.4) is 0 Å². The van der Waals surface area contributed by atoms with Crippen LogP contribution in [0, 0.1) is 11.7 Å². The van der Waals surface area contributed by atoms with Crippen LogP contribution in [0.5, 0.6) is 0 Å². The quantitative estimate of drug-likeness (QED) is 0.617. The van der Waals surface area contributed by atoms with Gasteiger partial charge in [-0.1, -0.05) is 12.1 Å². The number of nitrogens with zero attached hydrogens (tertiary/aromatic N) is 2. The largest absolute Gasteiger partial charge is 0.379 e. The molecule has 0 aromatic heterocycles. The van der Waals surface area contributed by atoms with Crippen molar-refractivity contribution < 1.29 is 22.3 Å². The van der Waals surface area contributed by atoms with Gasteiger partial charge < -0.3 is 9.64 Å². The Labute approximate surface area is 200 Å². The van der Waals surface area contributed by atoms with Gasteiger partial charge in [0.15, 0.2) is 0 Å². The van der Waals surface area contributed by atoms with E-state index in [0.29, 0.717) is 18.0 Å². The third-order valence-corrected chi connectivity index (χ3v) is 8.01. The lowest BCUT2D eigenvalue weighted by Crippen LogP contribution is -2.41. The predicted octanol–water partition coefficient (Wildman–Crippen LogP) is 3.13. The topological polar surface area (TPSA) is 79.0 Å². The molecule has 2 saturated heterocycles. The van der Waals surface area contributed by atoms with Gasteiger partial charge in [-0.15, -0.1) is 0 Å². The number of ether oxygens (including phenoxy) is 1. The van der Waals surface area contributed by atoms with Gasteiger partial charge in [0.1, 0.15) is 5.82 Å². The smallest absolute Gasteiger partial charge is 0.261 e. The highest BCUT2D eigenvalue weighted by Gasteiger charge is 2.23. The number of anilines is 1. The van der Waals surface area contributed by atoms with Crippen molar-refractivity contribution in [3.05, 3.63) is 59.9 Å². The minimum atomic E-state index is -3.80. The molecule has 0 unspecified atom stereocenters. The highest BCUT2D eigenvalue weighted by Crippen LogP contribution is 2.22. The first kappa shape index (κ1) is 24.6. The molecule has 2 heterocycles. The first-order valence-electron chi connectivity index (χ1n) is 11.8. The fraction of sp³-hybridized carbons (Fsp3) is 0.480. The molecule has 4 rings (SSSR count). The van der Waals surface area contributed by atoms with Gasteiger partial charge in [-0.25, -0.2) is 12.8 Å². The van der Waals surface area contributed by atoms with Crippen LogP contribution < -0.4 is 4.72 Å². The highest BCUT2D eigenvalue weighted by atomic mass is 32.2. The average Bonchev–Trinajstić information content (AvgIpc) is 2.85. The zero-order chi connectivity index (χ0) is 24.0. The Morgan fingerprint density at radius 1 is 0.971 bits per heavy atom. The van der Waals surface area contributed by atoms with Crippen LogP contribution >= 0.6 is 0 Å². The second kappa shape index (κ2) is 11.3.